The minimum atomic E-state index is 0.231. The van der Waals surface area contributed by atoms with Crippen LogP contribution in [0.5, 0.6) is 0 Å². The zero-order chi connectivity index (χ0) is 8.85. The first-order valence-electron chi connectivity index (χ1n) is 4.32. The number of carbonyl (C=O) groups is 1. The van der Waals surface area contributed by atoms with E-state index in [9.17, 15) is 4.79 Å². The molecule has 0 radical (unpaired) electrons. The van der Waals surface area contributed by atoms with Crippen LogP contribution in [0.15, 0.2) is 0 Å². The quantitative estimate of drug-likeness (QED) is 0.651. The maximum Gasteiger partial charge on any atom is 0.191 e. The minimum Gasteiger partial charge on any atom is -0.287 e. The van der Waals surface area contributed by atoms with E-state index in [4.69, 9.17) is 0 Å². The molecule has 0 saturated carbocycles. The highest BCUT2D eigenvalue weighted by Gasteiger charge is 2.13. The lowest BCUT2D eigenvalue weighted by Crippen LogP contribution is -2.09. The lowest BCUT2D eigenvalue weighted by molar-refractivity contribution is -0.114. The van der Waals surface area contributed by atoms with Gasteiger partial charge in [0.1, 0.15) is 0 Å². The van der Waals surface area contributed by atoms with Gasteiger partial charge in [-0.3, -0.25) is 4.79 Å². The van der Waals surface area contributed by atoms with Crippen molar-refractivity contribution < 1.29 is 4.79 Å². The summed E-state index contributed by atoms with van der Waals surface area (Å²) in [6.45, 7) is 8.27. The fourth-order valence-electron chi connectivity index (χ4n) is 0.564. The Labute approximate surface area is 73.9 Å². The third-order valence-corrected chi connectivity index (χ3v) is 3.28. The molecule has 0 aromatic rings. The van der Waals surface area contributed by atoms with Gasteiger partial charge in [-0.2, -0.15) is 0 Å². The van der Waals surface area contributed by atoms with Crippen molar-refractivity contribution in [2.75, 3.05) is 0 Å². The fourth-order valence-corrected chi connectivity index (χ4v) is 1.53. The van der Waals surface area contributed by atoms with E-state index in [-0.39, 0.29) is 5.92 Å². The summed E-state index contributed by atoms with van der Waals surface area (Å²) in [4.78, 5) is 11.3. The van der Waals surface area contributed by atoms with Gasteiger partial charge in [0.2, 0.25) is 0 Å². The number of thioether (sulfide) groups is 1. The van der Waals surface area contributed by atoms with E-state index in [2.05, 4.69) is 20.8 Å². The molecule has 0 aromatic heterocycles. The van der Waals surface area contributed by atoms with Crippen LogP contribution in [0, 0.1) is 5.92 Å². The molecule has 0 aromatic carbocycles. The van der Waals surface area contributed by atoms with Crippen LogP contribution in [0.25, 0.3) is 0 Å². The van der Waals surface area contributed by atoms with E-state index < -0.39 is 0 Å². The summed E-state index contributed by atoms with van der Waals surface area (Å²) in [7, 11) is 0. The maximum absolute atomic E-state index is 11.3. The van der Waals surface area contributed by atoms with E-state index in [0.717, 1.165) is 12.8 Å². The molecule has 2 atom stereocenters. The Kier molecular flexibility index (Phi) is 5.65. The van der Waals surface area contributed by atoms with Crippen LogP contribution >= 0.6 is 11.8 Å². The Balaban J connectivity index is 3.68. The van der Waals surface area contributed by atoms with Gasteiger partial charge in [0.15, 0.2) is 5.12 Å². The third kappa shape index (κ3) is 4.46. The van der Waals surface area contributed by atoms with Crippen molar-refractivity contribution in [3.8, 4) is 0 Å². The summed E-state index contributed by atoms with van der Waals surface area (Å²) in [5, 5.41) is 0.832. The zero-order valence-electron chi connectivity index (χ0n) is 7.89. The second-order valence-electron chi connectivity index (χ2n) is 2.97. The second-order valence-corrected chi connectivity index (χ2v) is 4.41. The van der Waals surface area contributed by atoms with Gasteiger partial charge >= 0.3 is 0 Å². The largest absolute Gasteiger partial charge is 0.287 e. The van der Waals surface area contributed by atoms with E-state index in [0.29, 0.717) is 10.4 Å². The highest BCUT2D eigenvalue weighted by atomic mass is 32.2. The Morgan fingerprint density at radius 2 is 1.82 bits per heavy atom. The van der Waals surface area contributed by atoms with Crippen LogP contribution < -0.4 is 0 Å². The first kappa shape index (κ1) is 11.0. The number of hydrogen-bond donors (Lipinski definition) is 0. The van der Waals surface area contributed by atoms with Crippen LogP contribution in [0.3, 0.4) is 0 Å². The molecule has 0 N–H and O–H groups in total. The molecule has 0 fully saturated rings. The van der Waals surface area contributed by atoms with E-state index in [1.165, 1.54) is 11.8 Å². The molecule has 0 aliphatic rings. The summed E-state index contributed by atoms with van der Waals surface area (Å²) in [5.74, 6) is 0.231. The smallest absolute Gasteiger partial charge is 0.191 e. The van der Waals surface area contributed by atoms with Crippen molar-refractivity contribution in [1.82, 2.24) is 0 Å². The van der Waals surface area contributed by atoms with E-state index in [1.54, 1.807) is 0 Å². The van der Waals surface area contributed by atoms with Crippen molar-refractivity contribution >= 4 is 16.9 Å². The number of carbonyl (C=O) groups excluding carboxylic acids is 1. The van der Waals surface area contributed by atoms with Crippen LogP contribution in [-0.4, -0.2) is 10.4 Å². The topological polar surface area (TPSA) is 17.1 Å². The van der Waals surface area contributed by atoms with Gasteiger partial charge in [-0.1, -0.05) is 39.5 Å². The summed E-state index contributed by atoms with van der Waals surface area (Å²) in [6, 6.07) is 0. The molecule has 11 heavy (non-hydrogen) atoms. The van der Waals surface area contributed by atoms with Gasteiger partial charge in [0.25, 0.3) is 0 Å². The van der Waals surface area contributed by atoms with Gasteiger partial charge in [-0.25, -0.2) is 0 Å². The van der Waals surface area contributed by atoms with Gasteiger partial charge in [-0.15, -0.1) is 0 Å². The summed E-state index contributed by atoms with van der Waals surface area (Å²) in [5.41, 5.74) is 0. The zero-order valence-corrected chi connectivity index (χ0v) is 8.70. The fraction of sp³-hybridized carbons (Fsp3) is 0.889. The van der Waals surface area contributed by atoms with Gasteiger partial charge in [0, 0.05) is 11.2 Å². The van der Waals surface area contributed by atoms with Crippen molar-refractivity contribution in [3.05, 3.63) is 0 Å². The Bertz CT molecular complexity index is 123. The lowest BCUT2D eigenvalue weighted by Gasteiger charge is -2.10. The van der Waals surface area contributed by atoms with Crippen LogP contribution in [-0.2, 0) is 4.79 Å². The van der Waals surface area contributed by atoms with Crippen molar-refractivity contribution in [2.45, 2.75) is 45.8 Å². The predicted octanol–water partition coefficient (Wildman–Crippen LogP) is 3.09. The number of hydrogen-bond acceptors (Lipinski definition) is 2. The second kappa shape index (κ2) is 5.64. The molecular formula is C9H18OS. The standard InChI is InChI=1S/C9H18OS/c1-5-7(3)9(10)11-8(4)6-2/h7-8H,5-6H2,1-4H3/t7?,8-/m0/s1. The third-order valence-electron chi connectivity index (χ3n) is 1.91. The maximum atomic E-state index is 11.3. The SMILES string of the molecule is CCC(C)C(=O)S[C@@H](C)CC. The summed E-state index contributed by atoms with van der Waals surface area (Å²) < 4.78 is 0. The predicted molar refractivity (Wildman–Crippen MR) is 51.8 cm³/mol. The van der Waals surface area contributed by atoms with Crippen LogP contribution in [0.1, 0.15) is 40.5 Å². The molecule has 0 amide bonds. The highest BCUT2D eigenvalue weighted by molar-refractivity contribution is 8.14. The van der Waals surface area contributed by atoms with Gasteiger partial charge in [0.05, 0.1) is 0 Å². The molecule has 0 rings (SSSR count). The Morgan fingerprint density at radius 3 is 2.18 bits per heavy atom. The van der Waals surface area contributed by atoms with E-state index >= 15 is 0 Å². The molecule has 0 aliphatic carbocycles. The Morgan fingerprint density at radius 1 is 1.27 bits per heavy atom. The molecular weight excluding hydrogens is 156 g/mol. The van der Waals surface area contributed by atoms with Crippen LogP contribution in [0.4, 0.5) is 0 Å². The molecule has 0 saturated heterocycles. The average molecular weight is 174 g/mol. The molecule has 66 valence electrons. The minimum absolute atomic E-state index is 0.231. The molecule has 1 nitrogen and oxygen atoms in total. The molecule has 0 spiro atoms. The molecule has 0 heterocycles. The van der Waals surface area contributed by atoms with Gasteiger partial charge < -0.3 is 0 Å². The van der Waals surface area contributed by atoms with Crippen molar-refractivity contribution in [2.24, 2.45) is 5.92 Å². The Hall–Kier alpha value is 0.0200. The molecule has 0 bridgehead atoms. The molecule has 1 unspecified atom stereocenters. The van der Waals surface area contributed by atoms with Crippen molar-refractivity contribution in [1.29, 1.82) is 0 Å². The average Bonchev–Trinajstić information content (AvgIpc) is 2.02. The normalized spacial score (nSPS) is 16.0. The highest BCUT2D eigenvalue weighted by Crippen LogP contribution is 2.20. The lowest BCUT2D eigenvalue weighted by atomic mass is 10.1. The molecule has 0 aliphatic heterocycles. The van der Waals surface area contributed by atoms with E-state index in [1.807, 2.05) is 6.92 Å². The monoisotopic (exact) mass is 174 g/mol. The first-order valence-corrected chi connectivity index (χ1v) is 5.20. The summed E-state index contributed by atoms with van der Waals surface area (Å²) in [6.07, 6.45) is 2.04. The summed E-state index contributed by atoms with van der Waals surface area (Å²) >= 11 is 1.49. The molecule has 2 heteroatoms. The van der Waals surface area contributed by atoms with Gasteiger partial charge in [-0.05, 0) is 12.8 Å². The van der Waals surface area contributed by atoms with Crippen LogP contribution in [0.2, 0.25) is 0 Å². The number of rotatable bonds is 4. The first-order chi connectivity index (χ1) is 5.11. The van der Waals surface area contributed by atoms with Crippen molar-refractivity contribution in [3.63, 3.8) is 0 Å².